The number of allylic oxidation sites excluding steroid dienone is 2. The van der Waals surface area contributed by atoms with E-state index in [2.05, 4.69) is 68.2 Å². The molecule has 2 radical (unpaired) electrons. The summed E-state index contributed by atoms with van der Waals surface area (Å²) < 4.78 is 0. The molecule has 0 unspecified atom stereocenters. The van der Waals surface area contributed by atoms with Gasteiger partial charge in [-0.05, 0) is 79.6 Å². The van der Waals surface area contributed by atoms with E-state index in [9.17, 15) is 4.79 Å². The van der Waals surface area contributed by atoms with Crippen LogP contribution in [0.4, 0.5) is 0 Å². The van der Waals surface area contributed by atoms with Gasteiger partial charge in [-0.1, -0.05) is 60.2 Å². The van der Waals surface area contributed by atoms with Gasteiger partial charge >= 0.3 is 20.1 Å². The van der Waals surface area contributed by atoms with Crippen LogP contribution in [0.5, 0.6) is 0 Å². The molecule has 5 aromatic carbocycles. The first-order valence-corrected chi connectivity index (χ1v) is 21.7. The van der Waals surface area contributed by atoms with E-state index in [-0.39, 0.29) is 71.9 Å². The number of carbonyl (C=O) groups is 1. The van der Waals surface area contributed by atoms with Crippen LogP contribution < -0.4 is 0 Å². The van der Waals surface area contributed by atoms with E-state index in [1.54, 1.807) is 24.8 Å². The number of hydrogen-bond acceptors (Lipinski definition) is 7. The Hall–Kier alpha value is -6.99. The summed E-state index contributed by atoms with van der Waals surface area (Å²) in [5.41, 5.74) is 11.3. The average Bonchev–Trinajstić information content (AvgIpc) is 3.41. The first kappa shape index (κ1) is 60.1. The topological polar surface area (TPSA) is 102 Å². The zero-order chi connectivity index (χ0) is 47.9. The summed E-state index contributed by atoms with van der Waals surface area (Å²) in [6.45, 7) is 4.91. The minimum Gasteiger partial charge on any atom is -0.512 e. The number of carbonyl (C=O) groups excluding carboxylic acids is 1. The first-order valence-electron chi connectivity index (χ1n) is 21.7. The zero-order valence-corrected chi connectivity index (χ0v) is 46.4. The molecule has 10 heteroatoms. The Bertz CT molecular complexity index is 2460. The van der Waals surface area contributed by atoms with E-state index >= 15 is 0 Å². The number of ketones is 1. The predicted octanol–water partition coefficient (Wildman–Crippen LogP) is 14.1. The van der Waals surface area contributed by atoms with E-state index in [4.69, 9.17) is 5.11 Å². The van der Waals surface area contributed by atoms with Gasteiger partial charge in [0, 0.05) is 77.3 Å². The minimum absolute atomic E-state index is 0. The molecule has 10 aromatic rings. The van der Waals surface area contributed by atoms with Crippen molar-refractivity contribution in [2.75, 3.05) is 0 Å². The van der Waals surface area contributed by atoms with Gasteiger partial charge in [-0.25, -0.2) is 0 Å². The predicted molar refractivity (Wildman–Crippen MR) is 274 cm³/mol. The third-order valence-corrected chi connectivity index (χ3v) is 8.91. The molecule has 5 aromatic heterocycles. The smallest absolute Gasteiger partial charge is 0.512 e. The van der Waals surface area contributed by atoms with Crippen LogP contribution in [0.1, 0.15) is 19.4 Å². The van der Waals surface area contributed by atoms with Gasteiger partial charge in [-0.15, -0.1) is 179 Å². The van der Waals surface area contributed by atoms with Gasteiger partial charge in [0.05, 0.1) is 5.76 Å². The number of aliphatic hydroxyl groups is 1. The van der Waals surface area contributed by atoms with Gasteiger partial charge in [0.25, 0.3) is 0 Å². The number of aryl methyl sites for hydroxylation is 1. The molecule has 0 saturated heterocycles. The van der Waals surface area contributed by atoms with Crippen molar-refractivity contribution in [2.24, 2.45) is 0 Å². The van der Waals surface area contributed by atoms with Crippen molar-refractivity contribution in [1.29, 1.82) is 0 Å². The Kier molecular flexibility index (Phi) is 30.5. The Balaban J connectivity index is 0.000000292. The molecule has 360 valence electrons. The Morgan fingerprint density at radius 2 is 0.662 bits per heavy atom. The van der Waals surface area contributed by atoms with Gasteiger partial charge in [0.2, 0.25) is 0 Å². The Morgan fingerprint density at radius 3 is 0.859 bits per heavy atom. The summed E-state index contributed by atoms with van der Waals surface area (Å²) in [5, 5.41) is 8.36. The number of aromatic nitrogens is 5. The molecule has 0 bridgehead atoms. The van der Waals surface area contributed by atoms with Gasteiger partial charge in [0.1, 0.15) is 0 Å². The third-order valence-electron chi connectivity index (χ3n) is 8.91. The van der Waals surface area contributed by atoms with Gasteiger partial charge < -0.3 is 30.0 Å². The third kappa shape index (κ3) is 23.9. The second-order valence-electron chi connectivity index (χ2n) is 14.4. The molecule has 5 heterocycles. The summed E-state index contributed by atoms with van der Waals surface area (Å²) in [5.74, 6) is -0.0625. The van der Waals surface area contributed by atoms with Crippen molar-refractivity contribution < 1.29 is 70.2 Å². The van der Waals surface area contributed by atoms with E-state index in [1.165, 1.54) is 25.5 Å². The minimum atomic E-state index is -0.125. The fourth-order valence-corrected chi connectivity index (χ4v) is 5.83. The molecule has 0 spiro atoms. The normalized spacial score (nSPS) is 9.48. The monoisotopic (exact) mass is 1460 g/mol. The molecule has 0 amide bonds. The van der Waals surface area contributed by atoms with Gasteiger partial charge in [0.15, 0.2) is 5.78 Å². The molecular weight excluding hydrogens is 1410 g/mol. The summed E-state index contributed by atoms with van der Waals surface area (Å²) in [6, 6.07) is 82.3. The van der Waals surface area contributed by atoms with Crippen molar-refractivity contribution in [1.82, 2.24) is 24.9 Å². The standard InChI is InChI=1S/C12H10N.4C11H8N.C5H8O2.3Ir/c1-10-7-8-13-12(9-10)11-5-3-2-4-6-11;4*1-2-6-10(7-3-1)11-8-4-5-9-12-11;1-4(6)3-5(2)7;;;/h2-5,7-9H,1H3;4*1-6,8-9H;3,6H,1-2H3;;;/q5*-1;;;;+3. The van der Waals surface area contributed by atoms with Crippen molar-refractivity contribution >= 4 is 5.78 Å². The van der Waals surface area contributed by atoms with Crippen LogP contribution in [0.2, 0.25) is 0 Å². The number of nitrogens with zero attached hydrogens (tertiary/aromatic N) is 5. The molecule has 1 N–H and O–H groups in total. The molecule has 71 heavy (non-hydrogen) atoms. The van der Waals surface area contributed by atoms with E-state index in [0.717, 1.165) is 56.3 Å². The van der Waals surface area contributed by atoms with E-state index < -0.39 is 0 Å². The molecule has 10 rings (SSSR count). The quantitative estimate of drug-likeness (QED) is 0.101. The van der Waals surface area contributed by atoms with E-state index in [1.807, 2.05) is 206 Å². The van der Waals surface area contributed by atoms with Crippen LogP contribution in [-0.4, -0.2) is 35.8 Å². The molecule has 0 fully saturated rings. The summed E-state index contributed by atoms with van der Waals surface area (Å²) in [6.07, 6.45) is 10.1. The SMILES string of the molecule is CC(=O)C=C(C)O.Cc1ccnc(-c2[c-]cccc2)c1.[Ir+3].[Ir].[Ir].[c-]1ccccc1-c1ccccn1.[c-]1ccccc1-c1ccccn1.[c-]1ccccc1-c1ccccn1.[c-]1ccccc1-c1ccccn1. The van der Waals surface area contributed by atoms with Crippen molar-refractivity contribution in [2.45, 2.75) is 20.8 Å². The summed E-state index contributed by atoms with van der Waals surface area (Å²) >= 11 is 0. The average molecular weight is 1460 g/mol. The molecule has 0 atom stereocenters. The number of rotatable bonds is 6. The maximum atomic E-state index is 10.0. The largest absolute Gasteiger partial charge is 3.00 e. The summed E-state index contributed by atoms with van der Waals surface area (Å²) in [4.78, 5) is 31.2. The van der Waals surface area contributed by atoms with Gasteiger partial charge in [-0.3, -0.25) is 4.79 Å². The number of benzene rings is 5. The van der Waals surface area contributed by atoms with Crippen LogP contribution in [0.25, 0.3) is 56.3 Å². The van der Waals surface area contributed by atoms with Gasteiger partial charge in [-0.2, -0.15) is 0 Å². The molecule has 7 nitrogen and oxygen atoms in total. The molecule has 0 aliphatic carbocycles. The Labute approximate surface area is 459 Å². The fourth-order valence-electron chi connectivity index (χ4n) is 5.83. The fraction of sp³-hybridized carbons (Fsp3) is 0.0492. The molecular formula is C61H50Ir3N5O2-2. The maximum absolute atomic E-state index is 10.0. The van der Waals surface area contributed by atoms with Crippen LogP contribution in [-0.2, 0) is 65.1 Å². The maximum Gasteiger partial charge on any atom is 3.00 e. The number of hydrogen-bond donors (Lipinski definition) is 1. The molecule has 0 saturated carbocycles. The van der Waals surface area contributed by atoms with Crippen LogP contribution >= 0.6 is 0 Å². The van der Waals surface area contributed by atoms with Crippen LogP contribution in [0.15, 0.2) is 249 Å². The van der Waals surface area contributed by atoms with Crippen molar-refractivity contribution in [3.63, 3.8) is 0 Å². The first-order chi connectivity index (χ1) is 33.4. The van der Waals surface area contributed by atoms with E-state index in [0.29, 0.717) is 0 Å². The number of aliphatic hydroxyl groups excluding tert-OH is 1. The second kappa shape index (κ2) is 36.0. The zero-order valence-electron chi connectivity index (χ0n) is 39.2. The molecule has 0 aliphatic heterocycles. The van der Waals surface area contributed by atoms with Crippen LogP contribution in [0, 0.1) is 37.3 Å². The molecule has 0 aliphatic rings. The van der Waals surface area contributed by atoms with Crippen LogP contribution in [0.3, 0.4) is 0 Å². The Morgan fingerprint density at radius 1 is 0.394 bits per heavy atom. The summed E-state index contributed by atoms with van der Waals surface area (Å²) in [7, 11) is 0. The second-order valence-corrected chi connectivity index (χ2v) is 14.4. The van der Waals surface area contributed by atoms with Crippen molar-refractivity contribution in [3.8, 4) is 56.3 Å². The number of pyridine rings is 5. The van der Waals surface area contributed by atoms with Crippen molar-refractivity contribution in [3.05, 3.63) is 285 Å².